The molecule has 0 aromatic heterocycles. The molecule has 1 aromatic carbocycles. The van der Waals surface area contributed by atoms with Gasteiger partial charge in [-0.15, -0.1) is 0 Å². The first-order valence-electron chi connectivity index (χ1n) is 6.65. The van der Waals surface area contributed by atoms with Gasteiger partial charge < -0.3 is 15.2 Å². The van der Waals surface area contributed by atoms with E-state index in [0.29, 0.717) is 6.54 Å². The van der Waals surface area contributed by atoms with Crippen LogP contribution in [0.15, 0.2) is 24.3 Å². The molecule has 0 heterocycles. The van der Waals surface area contributed by atoms with Crippen LogP contribution in [0.5, 0.6) is 5.75 Å². The molecule has 3 heteroatoms. The van der Waals surface area contributed by atoms with E-state index >= 15 is 0 Å². The van der Waals surface area contributed by atoms with Gasteiger partial charge in [-0.1, -0.05) is 20.8 Å². The SMILES string of the molecule is CCCOc1ccc(NCC(C)(O)C(C)C)cc1. The first kappa shape index (κ1) is 14.8. The monoisotopic (exact) mass is 251 g/mol. The van der Waals surface area contributed by atoms with Crippen LogP contribution < -0.4 is 10.1 Å². The lowest BCUT2D eigenvalue weighted by molar-refractivity contribution is 0.0266. The van der Waals surface area contributed by atoms with Crippen molar-refractivity contribution >= 4 is 5.69 Å². The molecule has 18 heavy (non-hydrogen) atoms. The second-order valence-corrected chi connectivity index (χ2v) is 5.24. The molecule has 0 bridgehead atoms. The lowest BCUT2D eigenvalue weighted by Crippen LogP contribution is -2.38. The Labute approximate surface area is 110 Å². The second-order valence-electron chi connectivity index (χ2n) is 5.24. The third kappa shape index (κ3) is 4.57. The second kappa shape index (κ2) is 6.64. The predicted octanol–water partition coefficient (Wildman–Crippen LogP) is 3.29. The predicted molar refractivity (Wildman–Crippen MR) is 76.2 cm³/mol. The number of hydrogen-bond donors (Lipinski definition) is 2. The molecule has 2 N–H and O–H groups in total. The highest BCUT2D eigenvalue weighted by molar-refractivity contribution is 5.46. The normalized spacial score (nSPS) is 14.3. The van der Waals surface area contributed by atoms with Crippen LogP contribution in [0.3, 0.4) is 0 Å². The molecule has 0 fully saturated rings. The molecule has 3 nitrogen and oxygen atoms in total. The van der Waals surface area contributed by atoms with E-state index in [1.807, 2.05) is 45.0 Å². The number of benzene rings is 1. The van der Waals surface area contributed by atoms with Gasteiger partial charge in [0.05, 0.1) is 12.2 Å². The Morgan fingerprint density at radius 2 is 1.89 bits per heavy atom. The Morgan fingerprint density at radius 1 is 1.28 bits per heavy atom. The van der Waals surface area contributed by atoms with E-state index in [4.69, 9.17) is 4.74 Å². The fourth-order valence-corrected chi connectivity index (χ4v) is 1.37. The molecule has 0 aliphatic heterocycles. The van der Waals surface area contributed by atoms with Crippen molar-refractivity contribution in [1.29, 1.82) is 0 Å². The Hall–Kier alpha value is -1.22. The van der Waals surface area contributed by atoms with Crippen LogP contribution >= 0.6 is 0 Å². The van der Waals surface area contributed by atoms with E-state index in [1.165, 1.54) is 0 Å². The van der Waals surface area contributed by atoms with Gasteiger partial charge >= 0.3 is 0 Å². The average Bonchev–Trinajstić information content (AvgIpc) is 2.35. The average molecular weight is 251 g/mol. The molecule has 1 aromatic rings. The molecule has 102 valence electrons. The minimum absolute atomic E-state index is 0.220. The molecule has 0 saturated carbocycles. The number of rotatable bonds is 7. The fourth-order valence-electron chi connectivity index (χ4n) is 1.37. The van der Waals surface area contributed by atoms with E-state index in [2.05, 4.69) is 12.2 Å². The molecule has 0 amide bonds. The first-order valence-corrected chi connectivity index (χ1v) is 6.65. The highest BCUT2D eigenvalue weighted by Gasteiger charge is 2.24. The molecular formula is C15H25NO2. The van der Waals surface area contributed by atoms with Crippen LogP contribution in [0.25, 0.3) is 0 Å². The number of nitrogens with one attached hydrogen (secondary N) is 1. The molecule has 1 rings (SSSR count). The highest BCUT2D eigenvalue weighted by Crippen LogP contribution is 2.19. The summed E-state index contributed by atoms with van der Waals surface area (Å²) >= 11 is 0. The van der Waals surface area contributed by atoms with Crippen LogP contribution in [0.2, 0.25) is 0 Å². The summed E-state index contributed by atoms with van der Waals surface area (Å²) in [4.78, 5) is 0. The Bertz CT molecular complexity index is 344. The number of hydrogen-bond acceptors (Lipinski definition) is 3. The third-order valence-corrected chi connectivity index (χ3v) is 3.22. The van der Waals surface area contributed by atoms with Crippen molar-refractivity contribution in [3.8, 4) is 5.75 Å². The van der Waals surface area contributed by atoms with Crippen molar-refractivity contribution in [2.24, 2.45) is 5.92 Å². The number of ether oxygens (including phenoxy) is 1. The Balaban J connectivity index is 2.49. The van der Waals surface area contributed by atoms with Gasteiger partial charge in [-0.25, -0.2) is 0 Å². The smallest absolute Gasteiger partial charge is 0.119 e. The zero-order chi connectivity index (χ0) is 13.6. The molecule has 0 spiro atoms. The van der Waals surface area contributed by atoms with Crippen LogP contribution in [0.4, 0.5) is 5.69 Å². The molecule has 0 aliphatic rings. The molecule has 0 aliphatic carbocycles. The van der Waals surface area contributed by atoms with Crippen molar-refractivity contribution in [2.45, 2.75) is 39.7 Å². The van der Waals surface area contributed by atoms with Gasteiger partial charge in [-0.2, -0.15) is 0 Å². The molecule has 1 unspecified atom stereocenters. The van der Waals surface area contributed by atoms with Crippen LogP contribution in [0, 0.1) is 5.92 Å². The summed E-state index contributed by atoms with van der Waals surface area (Å²) < 4.78 is 5.52. The quantitative estimate of drug-likeness (QED) is 0.781. The largest absolute Gasteiger partial charge is 0.494 e. The molecule has 0 saturated heterocycles. The highest BCUT2D eigenvalue weighted by atomic mass is 16.5. The Kier molecular flexibility index (Phi) is 5.48. The van der Waals surface area contributed by atoms with Crippen molar-refractivity contribution in [2.75, 3.05) is 18.5 Å². The summed E-state index contributed by atoms with van der Waals surface area (Å²) in [5.41, 5.74) is 0.303. The topological polar surface area (TPSA) is 41.5 Å². The zero-order valence-corrected chi connectivity index (χ0v) is 11.9. The van der Waals surface area contributed by atoms with E-state index in [-0.39, 0.29) is 5.92 Å². The standard InChI is InChI=1S/C15H25NO2/c1-5-10-18-14-8-6-13(7-9-14)16-11-15(4,17)12(2)3/h6-9,12,16-17H,5,10-11H2,1-4H3. The summed E-state index contributed by atoms with van der Waals surface area (Å²) in [6, 6.07) is 7.84. The summed E-state index contributed by atoms with van der Waals surface area (Å²) in [7, 11) is 0. The summed E-state index contributed by atoms with van der Waals surface area (Å²) in [5, 5.41) is 13.4. The van der Waals surface area contributed by atoms with Gasteiger partial charge in [0.2, 0.25) is 0 Å². The van der Waals surface area contributed by atoms with Crippen molar-refractivity contribution in [3.05, 3.63) is 24.3 Å². The molecular weight excluding hydrogens is 226 g/mol. The van der Waals surface area contributed by atoms with E-state index < -0.39 is 5.60 Å². The van der Waals surface area contributed by atoms with Crippen molar-refractivity contribution in [3.63, 3.8) is 0 Å². The summed E-state index contributed by atoms with van der Waals surface area (Å²) in [5.74, 6) is 1.11. The van der Waals surface area contributed by atoms with Crippen LogP contribution in [-0.4, -0.2) is 23.9 Å². The van der Waals surface area contributed by atoms with Gasteiger partial charge in [0.15, 0.2) is 0 Å². The van der Waals surface area contributed by atoms with E-state index in [1.54, 1.807) is 0 Å². The summed E-state index contributed by atoms with van der Waals surface area (Å²) in [6.45, 7) is 9.26. The minimum atomic E-state index is -0.697. The maximum atomic E-state index is 10.1. The van der Waals surface area contributed by atoms with Crippen LogP contribution in [-0.2, 0) is 0 Å². The first-order chi connectivity index (χ1) is 8.45. The van der Waals surface area contributed by atoms with Gasteiger partial charge in [0.1, 0.15) is 5.75 Å². The van der Waals surface area contributed by atoms with Gasteiger partial charge in [0.25, 0.3) is 0 Å². The Morgan fingerprint density at radius 3 is 2.39 bits per heavy atom. The third-order valence-electron chi connectivity index (χ3n) is 3.22. The maximum Gasteiger partial charge on any atom is 0.119 e. The van der Waals surface area contributed by atoms with Gasteiger partial charge in [-0.3, -0.25) is 0 Å². The zero-order valence-electron chi connectivity index (χ0n) is 11.9. The maximum absolute atomic E-state index is 10.1. The molecule has 1 atom stereocenters. The van der Waals surface area contributed by atoms with Crippen molar-refractivity contribution in [1.82, 2.24) is 0 Å². The van der Waals surface area contributed by atoms with Gasteiger partial charge in [0, 0.05) is 12.2 Å². The fraction of sp³-hybridized carbons (Fsp3) is 0.600. The van der Waals surface area contributed by atoms with Crippen molar-refractivity contribution < 1.29 is 9.84 Å². The molecule has 0 radical (unpaired) electrons. The number of aliphatic hydroxyl groups is 1. The number of anilines is 1. The van der Waals surface area contributed by atoms with E-state index in [9.17, 15) is 5.11 Å². The minimum Gasteiger partial charge on any atom is -0.494 e. The lowest BCUT2D eigenvalue weighted by atomic mass is 9.92. The van der Waals surface area contributed by atoms with Gasteiger partial charge in [-0.05, 0) is 43.5 Å². The van der Waals surface area contributed by atoms with E-state index in [0.717, 1.165) is 24.5 Å². The van der Waals surface area contributed by atoms with Crippen LogP contribution in [0.1, 0.15) is 34.1 Å². The summed E-state index contributed by atoms with van der Waals surface area (Å²) in [6.07, 6.45) is 1.01. The lowest BCUT2D eigenvalue weighted by Gasteiger charge is -2.28.